The summed E-state index contributed by atoms with van der Waals surface area (Å²) in [6.45, 7) is 3.49. The van der Waals surface area contributed by atoms with E-state index >= 15 is 0 Å². The average Bonchev–Trinajstić information content (AvgIpc) is 3.06. The maximum Gasteiger partial charge on any atom is 0.247 e. The fraction of sp³-hybridized carbons (Fsp3) is 0.529. The van der Waals surface area contributed by atoms with Crippen molar-refractivity contribution in [1.29, 1.82) is 0 Å². The summed E-state index contributed by atoms with van der Waals surface area (Å²) in [6.07, 6.45) is 4.85. The third kappa shape index (κ3) is 2.83. The van der Waals surface area contributed by atoms with E-state index in [4.69, 9.17) is 4.74 Å². The van der Waals surface area contributed by atoms with E-state index in [1.54, 1.807) is 24.3 Å². The van der Waals surface area contributed by atoms with Crippen LogP contribution in [0.3, 0.4) is 0 Å². The Morgan fingerprint density at radius 1 is 1.20 bits per heavy atom. The summed E-state index contributed by atoms with van der Waals surface area (Å²) in [6, 6.07) is 5.53. The number of nitrogens with zero attached hydrogens (tertiary/aromatic N) is 3. The molecule has 4 heterocycles. The number of hydrogen-bond donors (Lipinski definition) is 1. The highest BCUT2D eigenvalue weighted by Gasteiger charge is 2.49. The molecule has 25 heavy (non-hydrogen) atoms. The fourth-order valence-corrected chi connectivity index (χ4v) is 6.42. The monoisotopic (exact) mass is 362 g/mol. The lowest BCUT2D eigenvalue weighted by Crippen LogP contribution is -2.49. The van der Waals surface area contributed by atoms with Crippen LogP contribution in [0.4, 0.5) is 0 Å². The molecular weight excluding hydrogens is 340 g/mol. The molecule has 2 aromatic heterocycles. The zero-order valence-electron chi connectivity index (χ0n) is 14.3. The van der Waals surface area contributed by atoms with Gasteiger partial charge in [0.1, 0.15) is 11.0 Å². The molecule has 0 spiro atoms. The second kappa shape index (κ2) is 6.10. The van der Waals surface area contributed by atoms with E-state index in [1.165, 1.54) is 0 Å². The molecular formula is C17H22N4O3S. The molecule has 8 heteroatoms. The highest BCUT2D eigenvalue weighted by Crippen LogP contribution is 2.41. The summed E-state index contributed by atoms with van der Waals surface area (Å²) in [7, 11) is -3.54. The number of aryl methyl sites for hydroxylation is 2. The van der Waals surface area contributed by atoms with Gasteiger partial charge in [0.05, 0.1) is 11.4 Å². The standard InChI is InChI=1S/C17H22N4O3S/c1-11-17(12(2)20-19-11)25(22,23)21-13-6-7-14(21)10-15(9-13)24-16-5-3-4-8-18-16/h3-5,8,13-15H,6-7,9-10H2,1-2H3,(H,19,20)/t13-,14+,15+. The van der Waals surface area contributed by atoms with E-state index in [1.807, 2.05) is 18.2 Å². The molecule has 4 rings (SSSR count). The zero-order chi connectivity index (χ0) is 17.6. The molecule has 2 aliphatic heterocycles. The molecule has 0 aromatic carbocycles. The van der Waals surface area contributed by atoms with Gasteiger partial charge in [-0.05, 0) is 32.8 Å². The SMILES string of the molecule is Cc1n[nH]c(C)c1S(=O)(=O)N1[C@@H]2CC[C@H]1C[C@@H](Oc1ccccn1)C2. The predicted molar refractivity (Wildman–Crippen MR) is 91.8 cm³/mol. The Morgan fingerprint density at radius 3 is 2.48 bits per heavy atom. The van der Waals surface area contributed by atoms with Gasteiger partial charge in [0.2, 0.25) is 15.9 Å². The topological polar surface area (TPSA) is 88.2 Å². The second-order valence-corrected chi connectivity index (χ2v) is 8.64. The van der Waals surface area contributed by atoms with Crippen LogP contribution in [-0.4, -0.2) is 46.1 Å². The van der Waals surface area contributed by atoms with E-state index in [0.29, 0.717) is 35.0 Å². The molecule has 2 aromatic rings. The van der Waals surface area contributed by atoms with Crippen LogP contribution in [0, 0.1) is 13.8 Å². The summed E-state index contributed by atoms with van der Waals surface area (Å²) in [4.78, 5) is 4.54. The van der Waals surface area contributed by atoms with Crippen molar-refractivity contribution < 1.29 is 13.2 Å². The molecule has 0 amide bonds. The van der Waals surface area contributed by atoms with Gasteiger partial charge in [-0.3, -0.25) is 5.10 Å². The quantitative estimate of drug-likeness (QED) is 0.901. The van der Waals surface area contributed by atoms with Gasteiger partial charge in [0, 0.05) is 37.2 Å². The number of fused-ring (bicyclic) bond motifs is 2. The molecule has 3 atom stereocenters. The van der Waals surface area contributed by atoms with Crippen molar-refractivity contribution in [2.24, 2.45) is 0 Å². The van der Waals surface area contributed by atoms with Gasteiger partial charge < -0.3 is 4.74 Å². The van der Waals surface area contributed by atoms with Gasteiger partial charge in [0.15, 0.2) is 0 Å². The maximum absolute atomic E-state index is 13.2. The first-order valence-corrected chi connectivity index (χ1v) is 10.0. The van der Waals surface area contributed by atoms with Crippen molar-refractivity contribution >= 4 is 10.0 Å². The Balaban J connectivity index is 1.57. The van der Waals surface area contributed by atoms with Crippen molar-refractivity contribution in [2.45, 2.75) is 62.6 Å². The van der Waals surface area contributed by atoms with Gasteiger partial charge >= 0.3 is 0 Å². The van der Waals surface area contributed by atoms with Crippen molar-refractivity contribution in [1.82, 2.24) is 19.5 Å². The number of aromatic amines is 1. The molecule has 2 bridgehead atoms. The van der Waals surface area contributed by atoms with Crippen LogP contribution in [0.5, 0.6) is 5.88 Å². The first-order valence-electron chi connectivity index (χ1n) is 8.59. The van der Waals surface area contributed by atoms with E-state index in [-0.39, 0.29) is 18.2 Å². The number of ether oxygens (including phenoxy) is 1. The number of piperidine rings is 1. The van der Waals surface area contributed by atoms with Crippen LogP contribution in [0.15, 0.2) is 29.3 Å². The van der Waals surface area contributed by atoms with E-state index < -0.39 is 10.0 Å². The first-order chi connectivity index (χ1) is 12.0. The summed E-state index contributed by atoms with van der Waals surface area (Å²) >= 11 is 0. The van der Waals surface area contributed by atoms with E-state index in [2.05, 4.69) is 15.2 Å². The highest BCUT2D eigenvalue weighted by molar-refractivity contribution is 7.89. The summed E-state index contributed by atoms with van der Waals surface area (Å²) < 4.78 is 34.1. The summed E-state index contributed by atoms with van der Waals surface area (Å²) in [5.41, 5.74) is 1.13. The van der Waals surface area contributed by atoms with Gasteiger partial charge in [-0.15, -0.1) is 0 Å². The summed E-state index contributed by atoms with van der Waals surface area (Å²) in [5.74, 6) is 0.602. The van der Waals surface area contributed by atoms with Crippen LogP contribution in [0.2, 0.25) is 0 Å². The molecule has 0 radical (unpaired) electrons. The number of nitrogens with one attached hydrogen (secondary N) is 1. The van der Waals surface area contributed by atoms with Crippen molar-refractivity contribution in [3.05, 3.63) is 35.8 Å². The molecule has 2 saturated heterocycles. The first kappa shape index (κ1) is 16.5. The van der Waals surface area contributed by atoms with Crippen molar-refractivity contribution in [2.75, 3.05) is 0 Å². The Bertz CT molecular complexity index is 832. The third-order valence-electron chi connectivity index (χ3n) is 5.14. The Hall–Kier alpha value is -1.93. The normalized spacial score (nSPS) is 26.7. The Morgan fingerprint density at radius 2 is 1.92 bits per heavy atom. The highest BCUT2D eigenvalue weighted by atomic mass is 32.2. The summed E-state index contributed by atoms with van der Waals surface area (Å²) in [5, 5.41) is 6.84. The third-order valence-corrected chi connectivity index (χ3v) is 7.41. The smallest absolute Gasteiger partial charge is 0.247 e. The van der Waals surface area contributed by atoms with E-state index in [0.717, 1.165) is 12.8 Å². The minimum absolute atomic E-state index is 0.00499. The Labute approximate surface area is 147 Å². The molecule has 2 aliphatic rings. The molecule has 0 unspecified atom stereocenters. The lowest BCUT2D eigenvalue weighted by atomic mass is 10.0. The predicted octanol–water partition coefficient (Wildman–Crippen LogP) is 2.18. The molecule has 0 aliphatic carbocycles. The second-order valence-electron chi connectivity index (χ2n) is 6.86. The number of aromatic nitrogens is 3. The van der Waals surface area contributed by atoms with Crippen molar-refractivity contribution in [3.8, 4) is 5.88 Å². The number of rotatable bonds is 4. The van der Waals surface area contributed by atoms with Crippen molar-refractivity contribution in [3.63, 3.8) is 0 Å². The lowest BCUT2D eigenvalue weighted by molar-refractivity contribution is 0.0918. The van der Waals surface area contributed by atoms with Crippen LogP contribution in [0.1, 0.15) is 37.1 Å². The fourth-order valence-electron chi connectivity index (χ4n) is 4.19. The van der Waals surface area contributed by atoms with Crippen LogP contribution in [0.25, 0.3) is 0 Å². The maximum atomic E-state index is 13.2. The van der Waals surface area contributed by atoms with Crippen LogP contribution in [-0.2, 0) is 10.0 Å². The number of hydrogen-bond acceptors (Lipinski definition) is 5. The lowest BCUT2D eigenvalue weighted by Gasteiger charge is -2.37. The average molecular weight is 362 g/mol. The minimum Gasteiger partial charge on any atom is -0.474 e. The number of sulfonamides is 1. The molecule has 0 saturated carbocycles. The molecule has 2 fully saturated rings. The zero-order valence-corrected chi connectivity index (χ0v) is 15.2. The number of pyridine rings is 1. The molecule has 1 N–H and O–H groups in total. The Kier molecular flexibility index (Phi) is 4.04. The minimum atomic E-state index is -3.54. The van der Waals surface area contributed by atoms with Crippen LogP contribution >= 0.6 is 0 Å². The van der Waals surface area contributed by atoms with Gasteiger partial charge in [-0.1, -0.05) is 6.07 Å². The van der Waals surface area contributed by atoms with E-state index in [9.17, 15) is 8.42 Å². The van der Waals surface area contributed by atoms with Gasteiger partial charge in [-0.2, -0.15) is 9.40 Å². The molecule has 134 valence electrons. The number of H-pyrrole nitrogens is 1. The largest absolute Gasteiger partial charge is 0.474 e. The molecule has 7 nitrogen and oxygen atoms in total. The van der Waals surface area contributed by atoms with Crippen LogP contribution < -0.4 is 4.74 Å². The van der Waals surface area contributed by atoms with Gasteiger partial charge in [-0.25, -0.2) is 13.4 Å². The van der Waals surface area contributed by atoms with Gasteiger partial charge in [0.25, 0.3) is 0 Å².